The molecular formula is C23H16N6O6. The molecule has 3 aromatic carbocycles. The third-order valence-corrected chi connectivity index (χ3v) is 5.38. The van der Waals surface area contributed by atoms with Crippen molar-refractivity contribution in [1.82, 2.24) is 19.5 Å². The monoisotopic (exact) mass is 472 g/mol. The second kappa shape index (κ2) is 8.33. The second-order valence-electron chi connectivity index (χ2n) is 7.42. The lowest BCUT2D eigenvalue weighted by atomic mass is 10.1. The van der Waals surface area contributed by atoms with E-state index in [-0.39, 0.29) is 17.0 Å². The highest BCUT2D eigenvalue weighted by Gasteiger charge is 2.23. The number of non-ortho nitro benzene ring substituents is 2. The number of nitro benzene ring substituents is 2. The van der Waals surface area contributed by atoms with Crippen LogP contribution in [0.1, 0.15) is 0 Å². The summed E-state index contributed by atoms with van der Waals surface area (Å²) >= 11 is 0. The fourth-order valence-electron chi connectivity index (χ4n) is 3.79. The van der Waals surface area contributed by atoms with Crippen LogP contribution in [0.2, 0.25) is 0 Å². The molecule has 174 valence electrons. The maximum atomic E-state index is 11.5. The largest absolute Gasteiger partial charge is 0.493 e. The highest BCUT2D eigenvalue weighted by atomic mass is 16.6. The van der Waals surface area contributed by atoms with Gasteiger partial charge in [0.1, 0.15) is 5.82 Å². The minimum absolute atomic E-state index is 0.157. The third-order valence-electron chi connectivity index (χ3n) is 5.38. The van der Waals surface area contributed by atoms with E-state index in [1.807, 2.05) is 12.1 Å². The molecule has 35 heavy (non-hydrogen) atoms. The number of rotatable bonds is 6. The van der Waals surface area contributed by atoms with Gasteiger partial charge in [0.15, 0.2) is 22.8 Å². The topological polar surface area (TPSA) is 148 Å². The number of hydrogen-bond acceptors (Lipinski definition) is 9. The summed E-state index contributed by atoms with van der Waals surface area (Å²) in [6.07, 6.45) is 0. The molecule has 2 heterocycles. The first-order chi connectivity index (χ1) is 16.9. The lowest BCUT2D eigenvalue weighted by molar-refractivity contribution is -0.394. The van der Waals surface area contributed by atoms with E-state index in [1.54, 1.807) is 34.9 Å². The normalized spacial score (nSPS) is 11.0. The van der Waals surface area contributed by atoms with E-state index in [1.165, 1.54) is 26.4 Å². The number of methoxy groups -OCH3 is 2. The van der Waals surface area contributed by atoms with Gasteiger partial charge in [-0.25, -0.2) is 15.0 Å². The quantitative estimate of drug-likeness (QED) is 0.258. The zero-order valence-corrected chi connectivity index (χ0v) is 18.4. The summed E-state index contributed by atoms with van der Waals surface area (Å²) in [5.41, 5.74) is 1.66. The van der Waals surface area contributed by atoms with E-state index in [9.17, 15) is 20.2 Å². The number of hydrogen-bond donors (Lipinski definition) is 0. The van der Waals surface area contributed by atoms with Crippen LogP contribution in [0, 0.1) is 20.2 Å². The van der Waals surface area contributed by atoms with E-state index < -0.39 is 21.2 Å². The zero-order valence-electron chi connectivity index (χ0n) is 18.4. The Kier molecular flexibility index (Phi) is 5.17. The second-order valence-corrected chi connectivity index (χ2v) is 7.42. The van der Waals surface area contributed by atoms with Gasteiger partial charge in [0.25, 0.3) is 11.4 Å². The van der Waals surface area contributed by atoms with Crippen molar-refractivity contribution in [2.75, 3.05) is 14.2 Å². The predicted molar refractivity (Wildman–Crippen MR) is 126 cm³/mol. The summed E-state index contributed by atoms with van der Waals surface area (Å²) in [5, 5.41) is 23.0. The zero-order chi connectivity index (χ0) is 24.7. The van der Waals surface area contributed by atoms with Gasteiger partial charge in [-0.1, -0.05) is 12.1 Å². The van der Waals surface area contributed by atoms with Gasteiger partial charge < -0.3 is 9.47 Å². The molecule has 2 aromatic heterocycles. The SMILES string of the molecule is COc1ccc(-n2c(-c3cc([N+](=O)[O-])cc([N+](=O)[O-])c3)nc3nc4ccccc4nc32)cc1OC. The van der Waals surface area contributed by atoms with Crippen molar-refractivity contribution in [2.45, 2.75) is 0 Å². The summed E-state index contributed by atoms with van der Waals surface area (Å²) in [7, 11) is 3.00. The highest BCUT2D eigenvalue weighted by Crippen LogP contribution is 2.36. The molecule has 0 saturated carbocycles. The molecule has 0 unspecified atom stereocenters. The first kappa shape index (κ1) is 21.7. The van der Waals surface area contributed by atoms with Gasteiger partial charge in [0, 0.05) is 23.8 Å². The van der Waals surface area contributed by atoms with Gasteiger partial charge in [-0.15, -0.1) is 0 Å². The minimum Gasteiger partial charge on any atom is -0.493 e. The molecule has 0 aliphatic carbocycles. The van der Waals surface area contributed by atoms with Gasteiger partial charge in [-0.2, -0.15) is 0 Å². The van der Waals surface area contributed by atoms with Crippen molar-refractivity contribution in [3.8, 4) is 28.6 Å². The molecule has 0 spiro atoms. The van der Waals surface area contributed by atoms with Crippen LogP contribution in [-0.4, -0.2) is 43.6 Å². The third kappa shape index (κ3) is 3.72. The average molecular weight is 472 g/mol. The number of aromatic nitrogens is 4. The molecule has 0 radical (unpaired) electrons. The van der Waals surface area contributed by atoms with Gasteiger partial charge in [-0.3, -0.25) is 24.8 Å². The molecule has 0 aliphatic heterocycles. The van der Waals surface area contributed by atoms with Gasteiger partial charge >= 0.3 is 0 Å². The van der Waals surface area contributed by atoms with Crippen molar-refractivity contribution < 1.29 is 19.3 Å². The van der Waals surface area contributed by atoms with Crippen molar-refractivity contribution in [1.29, 1.82) is 0 Å². The first-order valence-electron chi connectivity index (χ1n) is 10.2. The van der Waals surface area contributed by atoms with Crippen molar-refractivity contribution in [3.05, 3.63) is 80.9 Å². The molecule has 12 heteroatoms. The summed E-state index contributed by atoms with van der Waals surface area (Å²) < 4.78 is 12.4. The van der Waals surface area contributed by atoms with E-state index in [2.05, 4.69) is 9.97 Å². The summed E-state index contributed by atoms with van der Waals surface area (Å²) in [6, 6.07) is 15.7. The van der Waals surface area contributed by atoms with Crippen LogP contribution in [0.25, 0.3) is 39.4 Å². The van der Waals surface area contributed by atoms with E-state index in [4.69, 9.17) is 14.5 Å². The van der Waals surface area contributed by atoms with Gasteiger partial charge in [-0.05, 0) is 24.3 Å². The number of ether oxygens (including phenoxy) is 2. The molecule has 0 saturated heterocycles. The Morgan fingerprint density at radius 1 is 0.771 bits per heavy atom. The number of imidazole rings is 1. The standard InChI is InChI=1S/C23H16N6O6/c1-34-19-8-7-14(12-20(19)35-2)27-22(13-9-15(28(30)31)11-16(10-13)29(32)33)26-21-23(27)25-18-6-4-3-5-17(18)24-21/h3-12H,1-2H3. The van der Waals surface area contributed by atoms with Crippen LogP contribution in [0.4, 0.5) is 11.4 Å². The molecular weight excluding hydrogens is 456 g/mol. The smallest absolute Gasteiger partial charge is 0.277 e. The predicted octanol–water partition coefficient (Wildman–Crippen LogP) is 4.47. The number of fused-ring (bicyclic) bond motifs is 2. The number of nitro groups is 2. The summed E-state index contributed by atoms with van der Waals surface area (Å²) in [6.45, 7) is 0. The van der Waals surface area contributed by atoms with Crippen LogP contribution in [0.3, 0.4) is 0 Å². The summed E-state index contributed by atoms with van der Waals surface area (Å²) in [5.74, 6) is 1.11. The van der Waals surface area contributed by atoms with E-state index in [0.717, 1.165) is 6.07 Å². The lowest BCUT2D eigenvalue weighted by Crippen LogP contribution is -2.02. The maximum absolute atomic E-state index is 11.5. The van der Waals surface area contributed by atoms with Crippen molar-refractivity contribution in [3.63, 3.8) is 0 Å². The van der Waals surface area contributed by atoms with Crippen LogP contribution >= 0.6 is 0 Å². The first-order valence-corrected chi connectivity index (χ1v) is 10.2. The number of para-hydroxylation sites is 2. The number of nitrogens with zero attached hydrogens (tertiary/aromatic N) is 6. The fourth-order valence-corrected chi connectivity index (χ4v) is 3.79. The Morgan fingerprint density at radius 2 is 1.40 bits per heavy atom. The number of benzene rings is 3. The Bertz CT molecular complexity index is 1620. The molecule has 5 aromatic rings. The Morgan fingerprint density at radius 3 is 2.00 bits per heavy atom. The van der Waals surface area contributed by atoms with Gasteiger partial charge in [0.2, 0.25) is 0 Å². The molecule has 12 nitrogen and oxygen atoms in total. The Balaban J connectivity index is 1.87. The maximum Gasteiger partial charge on any atom is 0.277 e. The Hall–Kier alpha value is -5.13. The molecule has 0 fully saturated rings. The van der Waals surface area contributed by atoms with Crippen LogP contribution in [0.5, 0.6) is 11.5 Å². The van der Waals surface area contributed by atoms with E-state index >= 15 is 0 Å². The van der Waals surface area contributed by atoms with Crippen LogP contribution < -0.4 is 9.47 Å². The lowest BCUT2D eigenvalue weighted by Gasteiger charge is -2.13. The fraction of sp³-hybridized carbons (Fsp3) is 0.0870. The van der Waals surface area contributed by atoms with Crippen LogP contribution in [0.15, 0.2) is 60.7 Å². The van der Waals surface area contributed by atoms with Crippen LogP contribution in [-0.2, 0) is 0 Å². The minimum atomic E-state index is -0.690. The molecule has 0 aliphatic rings. The molecule has 5 rings (SSSR count). The molecule has 0 amide bonds. The molecule has 0 atom stereocenters. The Labute approximate surface area is 196 Å². The van der Waals surface area contributed by atoms with Crippen molar-refractivity contribution in [2.24, 2.45) is 0 Å². The highest BCUT2D eigenvalue weighted by molar-refractivity contribution is 5.86. The van der Waals surface area contributed by atoms with E-state index in [0.29, 0.717) is 33.9 Å². The molecule has 0 N–H and O–H groups in total. The summed E-state index contributed by atoms with van der Waals surface area (Å²) in [4.78, 5) is 35.5. The van der Waals surface area contributed by atoms with Crippen molar-refractivity contribution >= 4 is 33.7 Å². The molecule has 0 bridgehead atoms. The van der Waals surface area contributed by atoms with Gasteiger partial charge in [0.05, 0.1) is 46.9 Å². The average Bonchev–Trinajstić information content (AvgIpc) is 3.24.